The standard InChI is InChI=1S/C19H20N4O2/c24-15-5-3-13(4-6-15)10-14-2-1-9-23(11-14)17-8-7-16-18(22-17)19(25)21-12-20-16/h3-8,12,14,24H,1-2,9-11H2,(H,20,21,25). The molecule has 0 spiro atoms. The fourth-order valence-corrected chi connectivity index (χ4v) is 3.52. The summed E-state index contributed by atoms with van der Waals surface area (Å²) in [6.07, 6.45) is 4.66. The minimum atomic E-state index is -0.204. The second kappa shape index (κ2) is 6.55. The number of hydrogen-bond donors (Lipinski definition) is 2. The van der Waals surface area contributed by atoms with Crippen LogP contribution in [0, 0.1) is 5.92 Å². The van der Waals surface area contributed by atoms with Gasteiger partial charge in [0.2, 0.25) is 0 Å². The van der Waals surface area contributed by atoms with Crippen LogP contribution in [0.1, 0.15) is 18.4 Å². The number of pyridine rings is 1. The third kappa shape index (κ3) is 3.33. The lowest BCUT2D eigenvalue weighted by atomic mass is 9.91. The Morgan fingerprint density at radius 3 is 2.88 bits per heavy atom. The van der Waals surface area contributed by atoms with E-state index in [1.165, 1.54) is 18.3 Å². The van der Waals surface area contributed by atoms with E-state index in [4.69, 9.17) is 0 Å². The van der Waals surface area contributed by atoms with Gasteiger partial charge in [-0.25, -0.2) is 9.97 Å². The highest BCUT2D eigenvalue weighted by Crippen LogP contribution is 2.25. The molecule has 1 atom stereocenters. The Kier molecular flexibility index (Phi) is 4.09. The molecular weight excluding hydrogens is 316 g/mol. The van der Waals surface area contributed by atoms with E-state index in [1.807, 2.05) is 24.3 Å². The first-order valence-corrected chi connectivity index (χ1v) is 8.56. The zero-order chi connectivity index (χ0) is 17.2. The van der Waals surface area contributed by atoms with E-state index in [0.717, 1.165) is 31.7 Å². The number of nitrogens with zero attached hydrogens (tertiary/aromatic N) is 3. The zero-order valence-electron chi connectivity index (χ0n) is 13.9. The molecule has 0 amide bonds. The first kappa shape index (κ1) is 15.6. The van der Waals surface area contributed by atoms with E-state index in [2.05, 4.69) is 19.9 Å². The molecule has 2 N–H and O–H groups in total. The number of hydrogen-bond acceptors (Lipinski definition) is 5. The summed E-state index contributed by atoms with van der Waals surface area (Å²) in [5, 5.41) is 9.41. The fraction of sp³-hybridized carbons (Fsp3) is 0.316. The number of aromatic amines is 1. The van der Waals surface area contributed by atoms with Gasteiger partial charge in [-0.3, -0.25) is 4.79 Å². The molecule has 25 heavy (non-hydrogen) atoms. The Hall–Kier alpha value is -2.89. The highest BCUT2D eigenvalue weighted by atomic mass is 16.3. The maximum absolute atomic E-state index is 11.9. The molecular formula is C19H20N4O2. The van der Waals surface area contributed by atoms with Crippen LogP contribution >= 0.6 is 0 Å². The summed E-state index contributed by atoms with van der Waals surface area (Å²) in [5.74, 6) is 1.66. The predicted octanol–water partition coefficient (Wildman–Crippen LogP) is 2.48. The van der Waals surface area contributed by atoms with E-state index in [9.17, 15) is 9.90 Å². The molecule has 0 aliphatic carbocycles. The summed E-state index contributed by atoms with van der Waals surface area (Å²) in [6.45, 7) is 1.86. The molecule has 6 nitrogen and oxygen atoms in total. The average molecular weight is 336 g/mol. The lowest BCUT2D eigenvalue weighted by molar-refractivity contribution is 0.411. The number of aromatic nitrogens is 3. The van der Waals surface area contributed by atoms with Crippen molar-refractivity contribution in [3.63, 3.8) is 0 Å². The molecule has 1 aromatic carbocycles. The molecule has 128 valence electrons. The van der Waals surface area contributed by atoms with Gasteiger partial charge in [0.15, 0.2) is 5.52 Å². The summed E-state index contributed by atoms with van der Waals surface area (Å²) in [7, 11) is 0. The third-order valence-corrected chi connectivity index (χ3v) is 4.78. The van der Waals surface area contributed by atoms with Crippen LogP contribution in [0.15, 0.2) is 47.5 Å². The van der Waals surface area contributed by atoms with Gasteiger partial charge < -0.3 is 15.0 Å². The number of phenols is 1. The first-order chi connectivity index (χ1) is 12.2. The molecule has 1 fully saturated rings. The van der Waals surface area contributed by atoms with Crippen molar-refractivity contribution < 1.29 is 5.11 Å². The molecule has 4 rings (SSSR count). The summed E-state index contributed by atoms with van der Waals surface area (Å²) in [4.78, 5) is 25.5. The van der Waals surface area contributed by atoms with E-state index in [-0.39, 0.29) is 5.56 Å². The van der Waals surface area contributed by atoms with Crippen molar-refractivity contribution in [1.29, 1.82) is 0 Å². The van der Waals surface area contributed by atoms with Crippen LogP contribution in [0.3, 0.4) is 0 Å². The first-order valence-electron chi connectivity index (χ1n) is 8.56. The molecule has 3 aromatic rings. The van der Waals surface area contributed by atoms with Gasteiger partial charge in [0.05, 0.1) is 11.8 Å². The van der Waals surface area contributed by atoms with Crippen LogP contribution in [-0.2, 0) is 6.42 Å². The van der Waals surface area contributed by atoms with E-state index in [1.54, 1.807) is 12.1 Å². The molecule has 1 unspecified atom stereocenters. The van der Waals surface area contributed by atoms with Crippen molar-refractivity contribution in [2.45, 2.75) is 19.3 Å². The van der Waals surface area contributed by atoms with E-state index >= 15 is 0 Å². The smallest absolute Gasteiger partial charge is 0.277 e. The van der Waals surface area contributed by atoms with Crippen molar-refractivity contribution in [3.8, 4) is 5.75 Å². The van der Waals surface area contributed by atoms with Crippen molar-refractivity contribution in [2.75, 3.05) is 18.0 Å². The van der Waals surface area contributed by atoms with Crippen LogP contribution in [0.25, 0.3) is 11.0 Å². The Balaban J connectivity index is 1.53. The molecule has 2 aromatic heterocycles. The van der Waals surface area contributed by atoms with Gasteiger partial charge in [-0.2, -0.15) is 0 Å². The second-order valence-electron chi connectivity index (χ2n) is 6.59. The molecule has 1 saturated heterocycles. The molecule has 0 radical (unpaired) electrons. The quantitative estimate of drug-likeness (QED) is 0.768. The SMILES string of the molecule is O=c1[nH]cnc2ccc(N3CCCC(Cc4ccc(O)cc4)C3)nc12. The van der Waals surface area contributed by atoms with Crippen LogP contribution in [0.4, 0.5) is 5.82 Å². The Morgan fingerprint density at radius 2 is 2.04 bits per heavy atom. The van der Waals surface area contributed by atoms with Crippen molar-refractivity contribution >= 4 is 16.9 Å². The monoisotopic (exact) mass is 336 g/mol. The third-order valence-electron chi connectivity index (χ3n) is 4.78. The number of anilines is 1. The molecule has 1 aliphatic rings. The normalized spacial score (nSPS) is 17.8. The van der Waals surface area contributed by atoms with Gasteiger partial charge in [-0.15, -0.1) is 0 Å². The summed E-state index contributed by atoms with van der Waals surface area (Å²) >= 11 is 0. The Morgan fingerprint density at radius 1 is 1.20 bits per heavy atom. The fourth-order valence-electron chi connectivity index (χ4n) is 3.52. The molecule has 3 heterocycles. The topological polar surface area (TPSA) is 82.1 Å². The second-order valence-corrected chi connectivity index (χ2v) is 6.59. The highest BCUT2D eigenvalue weighted by Gasteiger charge is 2.21. The lowest BCUT2D eigenvalue weighted by Crippen LogP contribution is -2.36. The maximum atomic E-state index is 11.9. The minimum Gasteiger partial charge on any atom is -0.508 e. The van der Waals surface area contributed by atoms with Crippen LogP contribution in [0.2, 0.25) is 0 Å². The van der Waals surface area contributed by atoms with Gasteiger partial charge >= 0.3 is 0 Å². The van der Waals surface area contributed by atoms with Crippen LogP contribution in [0.5, 0.6) is 5.75 Å². The largest absolute Gasteiger partial charge is 0.508 e. The summed E-state index contributed by atoms with van der Waals surface area (Å²) in [6, 6.07) is 11.2. The number of nitrogens with one attached hydrogen (secondary N) is 1. The maximum Gasteiger partial charge on any atom is 0.277 e. The number of piperidine rings is 1. The molecule has 1 aliphatic heterocycles. The Bertz CT molecular complexity index is 936. The summed E-state index contributed by atoms with van der Waals surface area (Å²) in [5.41, 5.74) is 2.03. The molecule has 6 heteroatoms. The van der Waals surface area contributed by atoms with Gasteiger partial charge in [-0.05, 0) is 55.0 Å². The summed E-state index contributed by atoms with van der Waals surface area (Å²) < 4.78 is 0. The van der Waals surface area contributed by atoms with Gasteiger partial charge in [0.25, 0.3) is 5.56 Å². The number of benzene rings is 1. The van der Waals surface area contributed by atoms with Crippen LogP contribution < -0.4 is 10.5 Å². The number of rotatable bonds is 3. The highest BCUT2D eigenvalue weighted by molar-refractivity contribution is 5.74. The predicted molar refractivity (Wildman–Crippen MR) is 96.9 cm³/mol. The van der Waals surface area contributed by atoms with E-state index < -0.39 is 0 Å². The van der Waals surface area contributed by atoms with Crippen LogP contribution in [-0.4, -0.2) is 33.1 Å². The van der Waals surface area contributed by atoms with Crippen molar-refractivity contribution in [3.05, 3.63) is 58.6 Å². The number of H-pyrrole nitrogens is 1. The molecule has 0 saturated carbocycles. The Labute approximate surface area is 145 Å². The zero-order valence-corrected chi connectivity index (χ0v) is 13.9. The van der Waals surface area contributed by atoms with Crippen molar-refractivity contribution in [1.82, 2.24) is 15.0 Å². The van der Waals surface area contributed by atoms with Crippen molar-refractivity contribution in [2.24, 2.45) is 5.92 Å². The van der Waals surface area contributed by atoms with Gasteiger partial charge in [0, 0.05) is 13.1 Å². The number of fused-ring (bicyclic) bond motifs is 1. The van der Waals surface area contributed by atoms with E-state index in [0.29, 0.717) is 22.7 Å². The number of phenolic OH excluding ortho intramolecular Hbond substituents is 1. The lowest BCUT2D eigenvalue weighted by Gasteiger charge is -2.33. The molecule has 0 bridgehead atoms. The number of aromatic hydroxyl groups is 1. The average Bonchev–Trinajstić information content (AvgIpc) is 2.64. The minimum absolute atomic E-state index is 0.204. The van der Waals surface area contributed by atoms with Gasteiger partial charge in [0.1, 0.15) is 11.6 Å². The van der Waals surface area contributed by atoms with Gasteiger partial charge in [-0.1, -0.05) is 12.1 Å².